The molecule has 162 valence electrons. The number of nitrogens with zero attached hydrogens (tertiary/aromatic N) is 4. The highest BCUT2D eigenvalue weighted by atomic mass is 16.5. The fourth-order valence-electron chi connectivity index (χ4n) is 3.74. The van der Waals surface area contributed by atoms with E-state index in [0.717, 1.165) is 41.0 Å². The first-order valence-corrected chi connectivity index (χ1v) is 10.5. The minimum atomic E-state index is -0.247. The lowest BCUT2D eigenvalue weighted by molar-refractivity contribution is 0.102. The standard InChI is InChI=1S/C24H23N5O3/c1-14-21-18(13-20(15-6-7-15)26-22(21)29(2)28-14)23(30)27-19-5-4-12-25-24(19)32-17-10-8-16(31-3)9-11-17/h4-5,8-13,15H,6-7H2,1-3H3,(H,27,30). The van der Waals surface area contributed by atoms with E-state index in [4.69, 9.17) is 14.5 Å². The predicted molar refractivity (Wildman–Crippen MR) is 120 cm³/mol. The Morgan fingerprint density at radius 3 is 2.62 bits per heavy atom. The molecule has 1 aromatic carbocycles. The van der Waals surface area contributed by atoms with Crippen LogP contribution >= 0.6 is 0 Å². The van der Waals surface area contributed by atoms with E-state index in [2.05, 4.69) is 15.4 Å². The molecule has 1 aliphatic carbocycles. The van der Waals surface area contributed by atoms with Crippen molar-refractivity contribution in [2.45, 2.75) is 25.7 Å². The van der Waals surface area contributed by atoms with E-state index in [0.29, 0.717) is 28.8 Å². The zero-order valence-corrected chi connectivity index (χ0v) is 18.1. The molecule has 1 saturated carbocycles. The summed E-state index contributed by atoms with van der Waals surface area (Å²) in [7, 11) is 3.46. The molecule has 4 aromatic rings. The van der Waals surface area contributed by atoms with Crippen molar-refractivity contribution in [3.05, 3.63) is 65.6 Å². The molecule has 0 spiro atoms. The van der Waals surface area contributed by atoms with Gasteiger partial charge in [-0.2, -0.15) is 5.10 Å². The number of anilines is 1. The summed E-state index contributed by atoms with van der Waals surface area (Å²) < 4.78 is 12.8. The Hall–Kier alpha value is -3.94. The van der Waals surface area contributed by atoms with Gasteiger partial charge in [-0.05, 0) is 62.2 Å². The van der Waals surface area contributed by atoms with Gasteiger partial charge in [0, 0.05) is 24.9 Å². The van der Waals surface area contributed by atoms with Crippen LogP contribution in [-0.2, 0) is 7.05 Å². The molecule has 0 unspecified atom stereocenters. The van der Waals surface area contributed by atoms with Crippen LogP contribution in [0.2, 0.25) is 0 Å². The average Bonchev–Trinajstić information content (AvgIpc) is 3.61. The van der Waals surface area contributed by atoms with Crippen molar-refractivity contribution >= 4 is 22.6 Å². The summed E-state index contributed by atoms with van der Waals surface area (Å²) in [6.07, 6.45) is 3.81. The van der Waals surface area contributed by atoms with Crippen molar-refractivity contribution in [1.82, 2.24) is 19.7 Å². The van der Waals surface area contributed by atoms with Gasteiger partial charge in [-0.1, -0.05) is 0 Å². The molecule has 0 aliphatic heterocycles. The SMILES string of the molecule is COc1ccc(Oc2ncccc2NC(=O)c2cc(C3CC3)nc3c2c(C)nn3C)cc1. The molecule has 0 radical (unpaired) electrons. The molecule has 1 amide bonds. The molecule has 32 heavy (non-hydrogen) atoms. The van der Waals surface area contributed by atoms with Crippen molar-refractivity contribution in [1.29, 1.82) is 0 Å². The van der Waals surface area contributed by atoms with E-state index >= 15 is 0 Å². The number of nitrogens with one attached hydrogen (secondary N) is 1. The van der Waals surface area contributed by atoms with Crippen LogP contribution in [0, 0.1) is 6.92 Å². The summed E-state index contributed by atoms with van der Waals surface area (Å²) in [5.41, 5.74) is 3.46. The highest BCUT2D eigenvalue weighted by Gasteiger charge is 2.28. The van der Waals surface area contributed by atoms with Gasteiger partial charge in [0.05, 0.1) is 23.8 Å². The van der Waals surface area contributed by atoms with Crippen molar-refractivity contribution < 1.29 is 14.3 Å². The summed E-state index contributed by atoms with van der Waals surface area (Å²) >= 11 is 0. The second-order valence-electron chi connectivity index (χ2n) is 7.86. The summed E-state index contributed by atoms with van der Waals surface area (Å²) in [6, 6.07) is 12.6. The maximum atomic E-state index is 13.4. The van der Waals surface area contributed by atoms with Crippen LogP contribution < -0.4 is 14.8 Å². The molecule has 8 heteroatoms. The van der Waals surface area contributed by atoms with Crippen LogP contribution in [0.3, 0.4) is 0 Å². The van der Waals surface area contributed by atoms with Gasteiger partial charge >= 0.3 is 0 Å². The van der Waals surface area contributed by atoms with E-state index in [1.54, 1.807) is 54.4 Å². The summed E-state index contributed by atoms with van der Waals surface area (Å²) in [4.78, 5) is 22.5. The molecule has 3 heterocycles. The van der Waals surface area contributed by atoms with Crippen molar-refractivity contribution in [2.75, 3.05) is 12.4 Å². The molecule has 0 atom stereocenters. The highest BCUT2D eigenvalue weighted by Crippen LogP contribution is 2.40. The largest absolute Gasteiger partial charge is 0.497 e. The third kappa shape index (κ3) is 3.75. The predicted octanol–water partition coefficient (Wildman–Crippen LogP) is 4.60. The van der Waals surface area contributed by atoms with E-state index < -0.39 is 0 Å². The molecule has 1 fully saturated rings. The van der Waals surface area contributed by atoms with Gasteiger partial charge in [0.15, 0.2) is 5.65 Å². The first-order valence-electron chi connectivity index (χ1n) is 10.5. The number of rotatable bonds is 6. The monoisotopic (exact) mass is 429 g/mol. The lowest BCUT2D eigenvalue weighted by atomic mass is 10.1. The maximum absolute atomic E-state index is 13.4. The van der Waals surface area contributed by atoms with Gasteiger partial charge in [0.25, 0.3) is 5.91 Å². The number of methoxy groups -OCH3 is 1. The van der Waals surface area contributed by atoms with Crippen molar-refractivity contribution in [2.24, 2.45) is 7.05 Å². The molecular weight excluding hydrogens is 406 g/mol. The Bertz CT molecular complexity index is 1310. The van der Waals surface area contributed by atoms with Gasteiger partial charge in [0.1, 0.15) is 17.2 Å². The van der Waals surface area contributed by atoms with Crippen molar-refractivity contribution in [3.63, 3.8) is 0 Å². The second kappa shape index (κ2) is 7.96. The number of aryl methyl sites for hydroxylation is 2. The van der Waals surface area contributed by atoms with Gasteiger partial charge in [-0.25, -0.2) is 9.97 Å². The minimum Gasteiger partial charge on any atom is -0.497 e. The van der Waals surface area contributed by atoms with Crippen LogP contribution in [-0.4, -0.2) is 32.8 Å². The Kier molecular flexibility index (Phi) is 4.97. The number of carbonyl (C=O) groups is 1. The van der Waals surface area contributed by atoms with Gasteiger partial charge in [-0.3, -0.25) is 9.48 Å². The van der Waals surface area contributed by atoms with Gasteiger partial charge in [-0.15, -0.1) is 0 Å². The zero-order valence-electron chi connectivity index (χ0n) is 18.1. The molecule has 3 aromatic heterocycles. The number of hydrogen-bond donors (Lipinski definition) is 1. The molecule has 0 saturated heterocycles. The number of amides is 1. The quantitative estimate of drug-likeness (QED) is 0.482. The van der Waals surface area contributed by atoms with E-state index in [1.807, 2.05) is 20.0 Å². The molecule has 5 rings (SSSR count). The fraction of sp³-hybridized carbons (Fsp3) is 0.250. The number of benzene rings is 1. The molecule has 1 N–H and O–H groups in total. The Morgan fingerprint density at radius 2 is 1.91 bits per heavy atom. The number of ether oxygens (including phenoxy) is 2. The smallest absolute Gasteiger partial charge is 0.256 e. The third-order valence-electron chi connectivity index (χ3n) is 5.52. The summed E-state index contributed by atoms with van der Waals surface area (Å²) in [5.74, 6) is 1.79. The number of aromatic nitrogens is 4. The third-order valence-corrected chi connectivity index (χ3v) is 5.52. The van der Waals surface area contributed by atoms with Crippen molar-refractivity contribution in [3.8, 4) is 17.4 Å². The Morgan fingerprint density at radius 1 is 1.16 bits per heavy atom. The lowest BCUT2D eigenvalue weighted by Crippen LogP contribution is -2.14. The molecule has 8 nitrogen and oxygen atoms in total. The molecule has 1 aliphatic rings. The highest BCUT2D eigenvalue weighted by molar-refractivity contribution is 6.13. The number of carbonyl (C=O) groups excluding carboxylic acids is 1. The number of fused-ring (bicyclic) bond motifs is 1. The van der Waals surface area contributed by atoms with Crippen LogP contribution in [0.5, 0.6) is 17.4 Å². The summed E-state index contributed by atoms with van der Waals surface area (Å²) in [6.45, 7) is 1.89. The average molecular weight is 429 g/mol. The van der Waals surface area contributed by atoms with E-state index in [9.17, 15) is 4.79 Å². The number of hydrogen-bond acceptors (Lipinski definition) is 6. The van der Waals surface area contributed by atoms with Gasteiger partial charge < -0.3 is 14.8 Å². The topological polar surface area (TPSA) is 91.2 Å². The van der Waals surface area contributed by atoms with Gasteiger partial charge in [0.2, 0.25) is 5.88 Å². The van der Waals surface area contributed by atoms with E-state index in [1.165, 1.54) is 0 Å². The fourth-order valence-corrected chi connectivity index (χ4v) is 3.74. The van der Waals surface area contributed by atoms with Crippen LogP contribution in [0.4, 0.5) is 5.69 Å². The first kappa shape index (κ1) is 20.0. The van der Waals surface area contributed by atoms with Crippen LogP contribution in [0.15, 0.2) is 48.7 Å². The lowest BCUT2D eigenvalue weighted by Gasteiger charge is -2.12. The minimum absolute atomic E-state index is 0.247. The van der Waals surface area contributed by atoms with Crippen LogP contribution in [0.1, 0.15) is 40.5 Å². The molecular formula is C24H23N5O3. The summed E-state index contributed by atoms with van der Waals surface area (Å²) in [5, 5.41) is 8.20. The zero-order chi connectivity index (χ0) is 22.2. The first-order chi connectivity index (χ1) is 15.5. The number of pyridine rings is 2. The normalized spacial score (nSPS) is 13.2. The molecule has 0 bridgehead atoms. The van der Waals surface area contributed by atoms with E-state index in [-0.39, 0.29) is 5.91 Å². The second-order valence-corrected chi connectivity index (χ2v) is 7.86. The maximum Gasteiger partial charge on any atom is 0.256 e. The Balaban J connectivity index is 1.47. The van der Waals surface area contributed by atoms with Crippen LogP contribution in [0.25, 0.3) is 11.0 Å². The Labute approximate surface area is 185 Å².